The molecule has 1 aromatic carbocycles. The molecule has 32 heavy (non-hydrogen) atoms. The number of nitrogens with zero attached hydrogens (tertiary/aromatic N) is 1. The highest BCUT2D eigenvalue weighted by atomic mass is 32.1. The lowest BCUT2D eigenvalue weighted by Gasteiger charge is -2.38. The third-order valence-corrected chi connectivity index (χ3v) is 8.28. The van der Waals surface area contributed by atoms with Crippen LogP contribution >= 0.6 is 11.3 Å². The highest BCUT2D eigenvalue weighted by Crippen LogP contribution is 2.50. The van der Waals surface area contributed by atoms with Gasteiger partial charge < -0.3 is 5.11 Å². The fraction of sp³-hybridized carbons (Fsp3) is 0.483. The smallest absolute Gasteiger partial charge is 0.106 e. The monoisotopic (exact) mass is 445 g/mol. The normalized spacial score (nSPS) is 21.5. The minimum atomic E-state index is -0.652. The molecule has 2 heterocycles. The molecular formula is C29H35NOS. The maximum Gasteiger partial charge on any atom is 0.106 e. The van der Waals surface area contributed by atoms with Crippen LogP contribution in [0.2, 0.25) is 0 Å². The van der Waals surface area contributed by atoms with Crippen molar-refractivity contribution in [3.63, 3.8) is 0 Å². The fourth-order valence-electron chi connectivity index (χ4n) is 6.23. The molecule has 2 aromatic heterocycles. The van der Waals surface area contributed by atoms with Crippen molar-refractivity contribution in [1.82, 2.24) is 4.98 Å². The highest BCUT2D eigenvalue weighted by molar-refractivity contribution is 7.08. The zero-order valence-corrected chi connectivity index (χ0v) is 20.6. The number of aliphatic hydroxyl groups is 1. The Bertz CT molecular complexity index is 1090. The van der Waals surface area contributed by atoms with Crippen molar-refractivity contribution in [2.24, 2.45) is 5.41 Å². The third-order valence-electron chi connectivity index (χ3n) is 7.60. The summed E-state index contributed by atoms with van der Waals surface area (Å²) in [4.78, 5) is 5.42. The first kappa shape index (κ1) is 21.9. The molecule has 2 aliphatic rings. The summed E-state index contributed by atoms with van der Waals surface area (Å²) >= 11 is 1.74. The summed E-state index contributed by atoms with van der Waals surface area (Å²) in [6.07, 6.45) is 6.41. The van der Waals surface area contributed by atoms with Crippen LogP contribution in [-0.4, -0.2) is 10.1 Å². The molecule has 0 bridgehead atoms. The van der Waals surface area contributed by atoms with Gasteiger partial charge in [-0.3, -0.25) is 4.98 Å². The Labute approximate surface area is 196 Å². The summed E-state index contributed by atoms with van der Waals surface area (Å²) in [7, 11) is 0. The number of rotatable bonds is 4. The van der Waals surface area contributed by atoms with Gasteiger partial charge in [0.1, 0.15) is 6.10 Å². The topological polar surface area (TPSA) is 33.1 Å². The Morgan fingerprint density at radius 3 is 2.47 bits per heavy atom. The molecule has 168 valence electrons. The average Bonchev–Trinajstić information content (AvgIpc) is 3.46. The Hall–Kier alpha value is -1.97. The van der Waals surface area contributed by atoms with Gasteiger partial charge in [0.25, 0.3) is 0 Å². The number of aliphatic hydroxyl groups excluding tert-OH is 1. The van der Waals surface area contributed by atoms with E-state index in [0.717, 1.165) is 24.0 Å². The maximum atomic E-state index is 11.9. The van der Waals surface area contributed by atoms with Crippen LogP contribution in [0.5, 0.6) is 0 Å². The van der Waals surface area contributed by atoms with Crippen molar-refractivity contribution in [1.29, 1.82) is 0 Å². The summed E-state index contributed by atoms with van der Waals surface area (Å²) < 4.78 is 0. The van der Waals surface area contributed by atoms with Gasteiger partial charge in [-0.15, -0.1) is 0 Å². The number of benzene rings is 1. The second-order valence-electron chi connectivity index (χ2n) is 10.9. The van der Waals surface area contributed by atoms with Crippen LogP contribution in [0.3, 0.4) is 0 Å². The molecule has 5 rings (SSSR count). The van der Waals surface area contributed by atoms with E-state index in [9.17, 15) is 5.11 Å². The fourth-order valence-corrected chi connectivity index (χ4v) is 6.87. The van der Waals surface area contributed by atoms with Gasteiger partial charge in [-0.2, -0.15) is 11.3 Å². The van der Waals surface area contributed by atoms with Crippen LogP contribution in [0.1, 0.15) is 104 Å². The molecule has 0 radical (unpaired) electrons. The predicted octanol–water partition coefficient (Wildman–Crippen LogP) is 7.93. The maximum absolute atomic E-state index is 11.9. The number of pyridine rings is 1. The number of hydrogen-bond donors (Lipinski definition) is 1. The van der Waals surface area contributed by atoms with E-state index >= 15 is 0 Å². The van der Waals surface area contributed by atoms with Crippen molar-refractivity contribution < 1.29 is 5.11 Å². The summed E-state index contributed by atoms with van der Waals surface area (Å²) in [6.45, 7) is 9.21. The first-order valence-corrected chi connectivity index (χ1v) is 13.1. The molecule has 3 heteroatoms. The zero-order chi connectivity index (χ0) is 22.5. The first-order valence-electron chi connectivity index (χ1n) is 12.2. The van der Waals surface area contributed by atoms with Crippen molar-refractivity contribution in [3.8, 4) is 11.1 Å². The minimum absolute atomic E-state index is 0.259. The summed E-state index contributed by atoms with van der Waals surface area (Å²) in [5.41, 5.74) is 9.86. The summed E-state index contributed by atoms with van der Waals surface area (Å²) in [5.74, 6) is 0.880. The van der Waals surface area contributed by atoms with E-state index in [-0.39, 0.29) is 5.41 Å². The summed E-state index contributed by atoms with van der Waals surface area (Å²) in [6, 6.07) is 10.6. The van der Waals surface area contributed by atoms with Crippen LogP contribution in [0.4, 0.5) is 0 Å². The van der Waals surface area contributed by atoms with E-state index in [1.54, 1.807) is 11.3 Å². The molecule has 2 atom stereocenters. The van der Waals surface area contributed by atoms with Gasteiger partial charge in [-0.05, 0) is 83.0 Å². The van der Waals surface area contributed by atoms with Crippen molar-refractivity contribution >= 4 is 11.3 Å². The molecule has 0 saturated heterocycles. The van der Waals surface area contributed by atoms with Gasteiger partial charge in [0, 0.05) is 17.2 Å². The van der Waals surface area contributed by atoms with E-state index in [1.807, 2.05) is 0 Å². The van der Waals surface area contributed by atoms with E-state index in [0.29, 0.717) is 11.8 Å². The van der Waals surface area contributed by atoms with Gasteiger partial charge in [-0.25, -0.2) is 0 Å². The van der Waals surface area contributed by atoms with Crippen molar-refractivity contribution in [3.05, 3.63) is 74.7 Å². The van der Waals surface area contributed by atoms with Gasteiger partial charge in [0.15, 0.2) is 0 Å². The molecule has 1 fully saturated rings. The Balaban J connectivity index is 1.80. The van der Waals surface area contributed by atoms with Gasteiger partial charge in [0.2, 0.25) is 0 Å². The SMILES string of the molecule is Cc1ccc([C@@H](O)c2c(C3CCCC3)nc3c(c2-c2ccsc2)[C@@H](C)CC(C)(C)C3)cc1. The number of aromatic nitrogens is 1. The molecular weight excluding hydrogens is 410 g/mol. The highest BCUT2D eigenvalue weighted by Gasteiger charge is 2.37. The largest absolute Gasteiger partial charge is 0.384 e. The lowest BCUT2D eigenvalue weighted by molar-refractivity contribution is 0.217. The van der Waals surface area contributed by atoms with E-state index in [2.05, 4.69) is 68.8 Å². The first-order chi connectivity index (χ1) is 15.3. The molecule has 0 spiro atoms. The van der Waals surface area contributed by atoms with Gasteiger partial charge >= 0.3 is 0 Å². The molecule has 0 amide bonds. The molecule has 2 nitrogen and oxygen atoms in total. The molecule has 1 saturated carbocycles. The number of hydrogen-bond acceptors (Lipinski definition) is 3. The second kappa shape index (κ2) is 8.43. The average molecular weight is 446 g/mol. The van der Waals surface area contributed by atoms with Gasteiger partial charge in [0.05, 0.1) is 5.69 Å². The Kier molecular flexibility index (Phi) is 5.75. The van der Waals surface area contributed by atoms with Crippen LogP contribution in [0.15, 0.2) is 41.1 Å². The lowest BCUT2D eigenvalue weighted by atomic mass is 9.68. The molecule has 1 N–H and O–H groups in total. The predicted molar refractivity (Wildman–Crippen MR) is 135 cm³/mol. The zero-order valence-electron chi connectivity index (χ0n) is 19.8. The van der Waals surface area contributed by atoms with E-state index in [4.69, 9.17) is 4.98 Å². The van der Waals surface area contributed by atoms with Crippen LogP contribution in [0, 0.1) is 12.3 Å². The second-order valence-corrected chi connectivity index (χ2v) is 11.7. The standard InChI is InChI=1S/C29H35NOS/c1-18-9-11-21(12-10-18)28(31)26-25(22-13-14-32-17-22)24-19(2)15-29(3,4)16-23(24)30-27(26)20-7-5-6-8-20/h9-14,17,19-20,28,31H,5-8,15-16H2,1-4H3/t19-,28+/m0/s1. The van der Waals surface area contributed by atoms with Crippen molar-refractivity contribution in [2.45, 2.75) is 84.2 Å². The van der Waals surface area contributed by atoms with E-state index < -0.39 is 6.10 Å². The molecule has 0 aliphatic heterocycles. The lowest BCUT2D eigenvalue weighted by Crippen LogP contribution is -2.28. The minimum Gasteiger partial charge on any atom is -0.384 e. The van der Waals surface area contributed by atoms with Crippen LogP contribution in [0.25, 0.3) is 11.1 Å². The molecule has 2 aliphatic carbocycles. The molecule has 3 aromatic rings. The number of fused-ring (bicyclic) bond motifs is 1. The Morgan fingerprint density at radius 2 is 1.81 bits per heavy atom. The van der Waals surface area contributed by atoms with E-state index in [1.165, 1.54) is 59.3 Å². The number of thiophene rings is 1. The quantitative estimate of drug-likeness (QED) is 0.442. The number of aryl methyl sites for hydroxylation is 1. The van der Waals surface area contributed by atoms with Crippen LogP contribution < -0.4 is 0 Å². The third kappa shape index (κ3) is 3.95. The van der Waals surface area contributed by atoms with Crippen LogP contribution in [-0.2, 0) is 6.42 Å². The molecule has 0 unspecified atom stereocenters. The van der Waals surface area contributed by atoms with Gasteiger partial charge in [-0.1, -0.05) is 63.4 Å². The Morgan fingerprint density at radius 1 is 1.09 bits per heavy atom. The van der Waals surface area contributed by atoms with Crippen molar-refractivity contribution in [2.75, 3.05) is 0 Å². The summed E-state index contributed by atoms with van der Waals surface area (Å²) in [5, 5.41) is 16.3.